The second-order valence-corrected chi connectivity index (χ2v) is 8.08. The molecule has 0 saturated carbocycles. The second-order valence-electron chi connectivity index (χ2n) is 7.20. The van der Waals surface area contributed by atoms with E-state index >= 15 is 0 Å². The zero-order valence-electron chi connectivity index (χ0n) is 14.7. The normalized spacial score (nSPS) is 22.7. The molecule has 0 aromatic heterocycles. The summed E-state index contributed by atoms with van der Waals surface area (Å²) in [4.78, 5) is 8.57. The van der Waals surface area contributed by atoms with Crippen LogP contribution in [0.25, 0.3) is 0 Å². The average Bonchev–Trinajstić information content (AvgIpc) is 2.85. The van der Waals surface area contributed by atoms with Gasteiger partial charge >= 0.3 is 0 Å². The molecule has 0 aliphatic carbocycles. The summed E-state index contributed by atoms with van der Waals surface area (Å²) in [6, 6.07) is 16.7. The van der Waals surface area contributed by atoms with Gasteiger partial charge in [-0.15, -0.1) is 0 Å². The molecule has 136 valence electrons. The Morgan fingerprint density at radius 3 is 1.81 bits per heavy atom. The van der Waals surface area contributed by atoms with Gasteiger partial charge in [-0.25, -0.2) is 0 Å². The SMILES string of the molecule is CN1C2CCC1CC(=NOC(c1ccc(Cl)cc1)c1ccc(Cl)cc1)C2. The molecule has 2 aliphatic heterocycles. The number of benzene rings is 2. The van der Waals surface area contributed by atoms with Crippen LogP contribution in [0.4, 0.5) is 0 Å². The molecule has 26 heavy (non-hydrogen) atoms. The minimum absolute atomic E-state index is 0.269. The number of oxime groups is 1. The third kappa shape index (κ3) is 3.75. The molecule has 2 unspecified atom stereocenters. The molecule has 4 rings (SSSR count). The third-order valence-corrected chi connectivity index (χ3v) is 6.06. The molecule has 0 radical (unpaired) electrons. The van der Waals surface area contributed by atoms with Gasteiger partial charge in [-0.1, -0.05) is 52.6 Å². The van der Waals surface area contributed by atoms with E-state index in [1.54, 1.807) is 0 Å². The van der Waals surface area contributed by atoms with E-state index in [-0.39, 0.29) is 6.10 Å². The molecule has 2 aromatic rings. The van der Waals surface area contributed by atoms with Crippen molar-refractivity contribution < 1.29 is 4.84 Å². The lowest BCUT2D eigenvalue weighted by molar-refractivity contribution is 0.0839. The van der Waals surface area contributed by atoms with Gasteiger partial charge in [-0.05, 0) is 55.3 Å². The Labute approximate surface area is 164 Å². The van der Waals surface area contributed by atoms with Crippen LogP contribution in [0.1, 0.15) is 42.9 Å². The first-order valence-electron chi connectivity index (χ1n) is 9.04. The number of nitrogens with zero attached hydrogens (tertiary/aromatic N) is 2. The summed E-state index contributed by atoms with van der Waals surface area (Å²) in [5, 5.41) is 6.00. The third-order valence-electron chi connectivity index (χ3n) is 5.56. The number of fused-ring (bicyclic) bond motifs is 2. The van der Waals surface area contributed by atoms with Gasteiger partial charge in [0.2, 0.25) is 0 Å². The Bertz CT molecular complexity index is 727. The summed E-state index contributed by atoms with van der Waals surface area (Å²) in [7, 11) is 2.23. The zero-order valence-corrected chi connectivity index (χ0v) is 16.2. The first-order chi connectivity index (χ1) is 12.6. The summed E-state index contributed by atoms with van der Waals surface area (Å²) in [5.41, 5.74) is 3.22. The Morgan fingerprint density at radius 1 is 0.885 bits per heavy atom. The van der Waals surface area contributed by atoms with Crippen LogP contribution in [0.5, 0.6) is 0 Å². The van der Waals surface area contributed by atoms with Crippen LogP contribution in [0, 0.1) is 0 Å². The highest BCUT2D eigenvalue weighted by molar-refractivity contribution is 6.30. The Morgan fingerprint density at radius 2 is 1.35 bits per heavy atom. The lowest BCUT2D eigenvalue weighted by Gasteiger charge is -2.31. The summed E-state index contributed by atoms with van der Waals surface area (Å²) < 4.78 is 0. The summed E-state index contributed by atoms with van der Waals surface area (Å²) in [6.45, 7) is 0. The van der Waals surface area contributed by atoms with E-state index in [9.17, 15) is 0 Å². The van der Waals surface area contributed by atoms with Crippen molar-refractivity contribution in [3.8, 4) is 0 Å². The summed E-state index contributed by atoms with van der Waals surface area (Å²) in [6.07, 6.45) is 4.26. The van der Waals surface area contributed by atoms with E-state index in [4.69, 9.17) is 28.0 Å². The predicted octanol–water partition coefficient (Wildman–Crippen LogP) is 5.71. The molecule has 2 atom stereocenters. The van der Waals surface area contributed by atoms with Crippen molar-refractivity contribution in [2.45, 2.75) is 43.9 Å². The van der Waals surface area contributed by atoms with Crippen molar-refractivity contribution in [2.75, 3.05) is 7.05 Å². The van der Waals surface area contributed by atoms with E-state index in [1.165, 1.54) is 18.6 Å². The van der Waals surface area contributed by atoms with E-state index in [0.717, 1.165) is 24.0 Å². The topological polar surface area (TPSA) is 24.8 Å². The molecule has 2 aromatic carbocycles. The van der Waals surface area contributed by atoms with Gasteiger partial charge in [-0.3, -0.25) is 4.90 Å². The fourth-order valence-corrected chi connectivity index (χ4v) is 4.25. The predicted molar refractivity (Wildman–Crippen MR) is 107 cm³/mol. The minimum atomic E-state index is -0.269. The molecular formula is C21H22Cl2N2O. The molecule has 2 saturated heterocycles. The molecule has 2 fully saturated rings. The van der Waals surface area contributed by atoms with Crippen LogP contribution >= 0.6 is 23.2 Å². The molecule has 0 spiro atoms. The van der Waals surface area contributed by atoms with E-state index in [2.05, 4.69) is 17.1 Å². The number of piperidine rings is 1. The van der Waals surface area contributed by atoms with E-state index in [1.807, 2.05) is 48.5 Å². The number of rotatable bonds is 4. The molecule has 0 N–H and O–H groups in total. The molecule has 5 heteroatoms. The fourth-order valence-electron chi connectivity index (χ4n) is 4.00. The van der Waals surface area contributed by atoms with Gasteiger partial charge in [0.25, 0.3) is 0 Å². The van der Waals surface area contributed by atoms with Crippen LogP contribution in [-0.2, 0) is 4.84 Å². The van der Waals surface area contributed by atoms with Crippen molar-refractivity contribution in [3.05, 3.63) is 69.7 Å². The average molecular weight is 389 g/mol. The molecule has 2 heterocycles. The van der Waals surface area contributed by atoms with Crippen LogP contribution < -0.4 is 0 Å². The molecule has 0 amide bonds. The van der Waals surface area contributed by atoms with Crippen LogP contribution in [-0.4, -0.2) is 29.7 Å². The molecule has 3 nitrogen and oxygen atoms in total. The van der Waals surface area contributed by atoms with E-state index in [0.29, 0.717) is 22.1 Å². The van der Waals surface area contributed by atoms with Gasteiger partial charge in [-0.2, -0.15) is 0 Å². The summed E-state index contributed by atoms with van der Waals surface area (Å²) in [5.74, 6) is 0. The number of hydrogen-bond acceptors (Lipinski definition) is 3. The van der Waals surface area contributed by atoms with Crippen molar-refractivity contribution in [1.29, 1.82) is 0 Å². The van der Waals surface area contributed by atoms with Gasteiger partial charge < -0.3 is 4.84 Å². The Hall–Kier alpha value is -1.55. The maximum Gasteiger partial charge on any atom is 0.177 e. The standard InChI is InChI=1S/C21H22Cl2N2O/c1-25-19-10-11-20(25)13-18(12-19)24-26-21(14-2-6-16(22)7-3-14)15-4-8-17(23)9-5-15/h2-9,19-21H,10-13H2,1H3. The van der Waals surface area contributed by atoms with Crippen LogP contribution in [0.15, 0.2) is 53.7 Å². The summed E-state index contributed by atoms with van der Waals surface area (Å²) >= 11 is 12.1. The lowest BCUT2D eigenvalue weighted by atomic mass is 10.0. The van der Waals surface area contributed by atoms with Gasteiger partial charge in [0, 0.05) is 35.0 Å². The highest BCUT2D eigenvalue weighted by Crippen LogP contribution is 2.34. The van der Waals surface area contributed by atoms with Crippen LogP contribution in [0.3, 0.4) is 0 Å². The van der Waals surface area contributed by atoms with Gasteiger partial charge in [0.1, 0.15) is 0 Å². The van der Waals surface area contributed by atoms with Crippen molar-refractivity contribution in [3.63, 3.8) is 0 Å². The molecule has 2 bridgehead atoms. The van der Waals surface area contributed by atoms with Gasteiger partial charge in [0.05, 0.1) is 5.71 Å². The fraction of sp³-hybridized carbons (Fsp3) is 0.381. The zero-order chi connectivity index (χ0) is 18.1. The molecular weight excluding hydrogens is 367 g/mol. The highest BCUT2D eigenvalue weighted by Gasteiger charge is 2.37. The van der Waals surface area contributed by atoms with Crippen molar-refractivity contribution in [2.24, 2.45) is 5.16 Å². The quantitative estimate of drug-likeness (QED) is 0.626. The van der Waals surface area contributed by atoms with Crippen LogP contribution in [0.2, 0.25) is 10.0 Å². The minimum Gasteiger partial charge on any atom is -0.383 e. The second kappa shape index (κ2) is 7.59. The number of halogens is 2. The highest BCUT2D eigenvalue weighted by atomic mass is 35.5. The lowest BCUT2D eigenvalue weighted by Crippen LogP contribution is -2.40. The van der Waals surface area contributed by atoms with Gasteiger partial charge in [0.15, 0.2) is 6.10 Å². The van der Waals surface area contributed by atoms with E-state index < -0.39 is 0 Å². The Balaban J connectivity index is 1.58. The van der Waals surface area contributed by atoms with Crippen molar-refractivity contribution >= 4 is 28.9 Å². The first kappa shape index (κ1) is 17.8. The monoisotopic (exact) mass is 388 g/mol. The Kier molecular flexibility index (Phi) is 5.21. The largest absolute Gasteiger partial charge is 0.383 e. The van der Waals surface area contributed by atoms with Crippen molar-refractivity contribution in [1.82, 2.24) is 4.90 Å². The number of hydrogen-bond donors (Lipinski definition) is 0. The smallest absolute Gasteiger partial charge is 0.177 e. The first-order valence-corrected chi connectivity index (χ1v) is 9.80. The molecule has 2 aliphatic rings. The maximum absolute atomic E-state index is 6.08. The maximum atomic E-state index is 6.08.